The Hall–Kier alpha value is -2.63. The molecule has 0 radical (unpaired) electrons. The Morgan fingerprint density at radius 3 is 2.80 bits per heavy atom. The topological polar surface area (TPSA) is 81.2 Å². The van der Waals surface area contributed by atoms with Crippen LogP contribution in [0.5, 0.6) is 0 Å². The molecule has 0 atom stereocenters. The number of oxazole rings is 1. The van der Waals surface area contributed by atoms with E-state index in [4.69, 9.17) is 9.52 Å². The number of carbonyl (C=O) groups is 1. The van der Waals surface area contributed by atoms with Crippen LogP contribution in [0.1, 0.15) is 17.0 Å². The van der Waals surface area contributed by atoms with Crippen molar-refractivity contribution in [1.82, 2.24) is 14.8 Å². The smallest absolute Gasteiger partial charge is 0.324 e. The van der Waals surface area contributed by atoms with Crippen molar-refractivity contribution in [3.63, 3.8) is 0 Å². The van der Waals surface area contributed by atoms with Crippen LogP contribution in [-0.4, -0.2) is 25.8 Å². The number of rotatable bonds is 3. The van der Waals surface area contributed by atoms with Crippen LogP contribution in [-0.2, 0) is 11.2 Å². The van der Waals surface area contributed by atoms with Gasteiger partial charge in [-0.1, -0.05) is 12.1 Å². The van der Waals surface area contributed by atoms with Crippen molar-refractivity contribution < 1.29 is 14.3 Å². The molecule has 2 heterocycles. The van der Waals surface area contributed by atoms with Gasteiger partial charge in [-0.2, -0.15) is 14.8 Å². The fraction of sp³-hybridized carbons (Fsp3) is 0.214. The van der Waals surface area contributed by atoms with E-state index in [1.807, 2.05) is 31.2 Å². The molecule has 0 spiro atoms. The molecule has 0 amide bonds. The average Bonchev–Trinajstić information content (AvgIpc) is 2.94. The average molecular weight is 271 g/mol. The lowest BCUT2D eigenvalue weighted by Gasteiger charge is -1.98. The van der Waals surface area contributed by atoms with E-state index < -0.39 is 5.97 Å². The number of para-hydroxylation sites is 2. The molecule has 0 fully saturated rings. The van der Waals surface area contributed by atoms with Crippen LogP contribution in [0.2, 0.25) is 0 Å². The number of hydrogen-bond donors (Lipinski definition) is 1. The number of carboxylic acid groups (broad SMARTS) is 1. The van der Waals surface area contributed by atoms with Crippen LogP contribution < -0.4 is 0 Å². The van der Waals surface area contributed by atoms with E-state index in [2.05, 4.69) is 10.1 Å². The minimum atomic E-state index is -0.881. The van der Waals surface area contributed by atoms with Crippen molar-refractivity contribution >= 4 is 17.1 Å². The Balaban J connectivity index is 2.12. The van der Waals surface area contributed by atoms with E-state index in [1.54, 1.807) is 11.6 Å². The minimum absolute atomic E-state index is 0.0576. The van der Waals surface area contributed by atoms with Gasteiger partial charge in [0.2, 0.25) is 0 Å². The maximum Gasteiger partial charge on any atom is 0.324 e. The van der Waals surface area contributed by atoms with Gasteiger partial charge in [0, 0.05) is 5.56 Å². The molecule has 0 aliphatic rings. The third kappa shape index (κ3) is 1.95. The van der Waals surface area contributed by atoms with E-state index in [0.29, 0.717) is 22.9 Å². The lowest BCUT2D eigenvalue weighted by molar-refractivity contribution is -0.136. The fourth-order valence-electron chi connectivity index (χ4n) is 2.22. The highest BCUT2D eigenvalue weighted by atomic mass is 16.4. The SMILES string of the molecule is Cc1nn(-c2nc3ccccc3o2)c(C)c1CC(=O)O. The number of benzene rings is 1. The number of carboxylic acids is 1. The van der Waals surface area contributed by atoms with Crippen LogP contribution >= 0.6 is 0 Å². The lowest BCUT2D eigenvalue weighted by atomic mass is 10.1. The first kappa shape index (κ1) is 12.4. The zero-order valence-electron chi connectivity index (χ0n) is 11.1. The van der Waals surface area contributed by atoms with Gasteiger partial charge in [0.15, 0.2) is 5.58 Å². The summed E-state index contributed by atoms with van der Waals surface area (Å²) in [7, 11) is 0. The first-order valence-corrected chi connectivity index (χ1v) is 6.19. The Bertz CT molecular complexity index is 768. The highest BCUT2D eigenvalue weighted by Gasteiger charge is 2.18. The van der Waals surface area contributed by atoms with Crippen LogP contribution in [0.25, 0.3) is 17.1 Å². The van der Waals surface area contributed by atoms with Crippen LogP contribution in [0.15, 0.2) is 28.7 Å². The molecule has 0 saturated heterocycles. The number of hydrogen-bond acceptors (Lipinski definition) is 4. The van der Waals surface area contributed by atoms with Crippen molar-refractivity contribution in [1.29, 1.82) is 0 Å². The van der Waals surface area contributed by atoms with Gasteiger partial charge < -0.3 is 9.52 Å². The molecule has 6 heteroatoms. The molecule has 1 N–H and O–H groups in total. The Morgan fingerprint density at radius 2 is 2.10 bits per heavy atom. The van der Waals surface area contributed by atoms with Crippen molar-refractivity contribution in [2.45, 2.75) is 20.3 Å². The second kappa shape index (κ2) is 4.48. The Labute approximate surface area is 114 Å². The summed E-state index contributed by atoms with van der Waals surface area (Å²) < 4.78 is 7.20. The molecule has 0 bridgehead atoms. The number of aryl methyl sites for hydroxylation is 1. The van der Waals surface area contributed by atoms with Gasteiger partial charge in [0.1, 0.15) is 5.52 Å². The summed E-state index contributed by atoms with van der Waals surface area (Å²) >= 11 is 0. The predicted molar refractivity (Wildman–Crippen MR) is 71.9 cm³/mol. The number of fused-ring (bicyclic) bond motifs is 1. The van der Waals surface area contributed by atoms with Gasteiger partial charge in [-0.05, 0) is 26.0 Å². The lowest BCUT2D eigenvalue weighted by Crippen LogP contribution is -2.03. The fourth-order valence-corrected chi connectivity index (χ4v) is 2.22. The quantitative estimate of drug-likeness (QED) is 0.790. The summed E-state index contributed by atoms with van der Waals surface area (Å²) in [5.74, 6) is -0.881. The first-order chi connectivity index (χ1) is 9.56. The monoisotopic (exact) mass is 271 g/mol. The Morgan fingerprint density at radius 1 is 1.35 bits per heavy atom. The molecule has 3 aromatic rings. The Kier molecular flexibility index (Phi) is 2.78. The van der Waals surface area contributed by atoms with Crippen LogP contribution in [0.3, 0.4) is 0 Å². The number of nitrogens with zero attached hydrogens (tertiary/aromatic N) is 3. The van der Waals surface area contributed by atoms with Gasteiger partial charge in [0.25, 0.3) is 0 Å². The number of aliphatic carboxylic acids is 1. The van der Waals surface area contributed by atoms with Gasteiger partial charge >= 0.3 is 12.0 Å². The third-order valence-corrected chi connectivity index (χ3v) is 3.23. The molecular formula is C14H13N3O3. The minimum Gasteiger partial charge on any atom is -0.481 e. The second-order valence-corrected chi connectivity index (χ2v) is 4.60. The van der Waals surface area contributed by atoms with Gasteiger partial charge in [0.05, 0.1) is 17.8 Å². The highest BCUT2D eigenvalue weighted by molar-refractivity contribution is 5.73. The predicted octanol–water partition coefficient (Wildman–Crippen LogP) is 2.26. The molecule has 20 heavy (non-hydrogen) atoms. The standard InChI is InChI=1S/C14H13N3O3/c1-8-10(7-13(18)19)9(2)17(16-8)14-15-11-5-3-4-6-12(11)20-14/h3-6H,7H2,1-2H3,(H,18,19). The molecule has 6 nitrogen and oxygen atoms in total. The van der Waals surface area contributed by atoms with E-state index in [9.17, 15) is 4.79 Å². The third-order valence-electron chi connectivity index (χ3n) is 3.23. The summed E-state index contributed by atoms with van der Waals surface area (Å²) in [6.07, 6.45) is -0.0576. The van der Waals surface area contributed by atoms with Gasteiger partial charge in [-0.3, -0.25) is 4.79 Å². The maximum atomic E-state index is 10.9. The zero-order chi connectivity index (χ0) is 14.3. The number of aromatic nitrogens is 3. The van der Waals surface area contributed by atoms with Crippen molar-refractivity contribution in [2.24, 2.45) is 0 Å². The maximum absolute atomic E-state index is 10.9. The molecular weight excluding hydrogens is 258 g/mol. The first-order valence-electron chi connectivity index (χ1n) is 6.19. The zero-order valence-corrected chi connectivity index (χ0v) is 11.1. The van der Waals surface area contributed by atoms with E-state index >= 15 is 0 Å². The van der Waals surface area contributed by atoms with Gasteiger partial charge in [-0.15, -0.1) is 0 Å². The highest BCUT2D eigenvalue weighted by Crippen LogP contribution is 2.21. The summed E-state index contributed by atoms with van der Waals surface area (Å²) in [6.45, 7) is 3.59. The summed E-state index contributed by atoms with van der Waals surface area (Å²) in [6, 6.07) is 7.78. The van der Waals surface area contributed by atoms with Crippen molar-refractivity contribution in [3.05, 3.63) is 41.2 Å². The van der Waals surface area contributed by atoms with E-state index in [0.717, 1.165) is 11.2 Å². The summed E-state index contributed by atoms with van der Waals surface area (Å²) in [5, 5.41) is 13.3. The normalized spacial score (nSPS) is 11.1. The molecule has 1 aromatic carbocycles. The molecule has 0 saturated carbocycles. The summed E-state index contributed by atoms with van der Waals surface area (Å²) in [4.78, 5) is 15.2. The van der Waals surface area contributed by atoms with Crippen LogP contribution in [0, 0.1) is 13.8 Å². The van der Waals surface area contributed by atoms with Crippen molar-refractivity contribution in [3.8, 4) is 6.01 Å². The second-order valence-electron chi connectivity index (χ2n) is 4.60. The van der Waals surface area contributed by atoms with E-state index in [-0.39, 0.29) is 6.42 Å². The molecule has 2 aromatic heterocycles. The summed E-state index contributed by atoms with van der Waals surface area (Å²) in [5.41, 5.74) is 3.52. The van der Waals surface area contributed by atoms with Crippen LogP contribution in [0.4, 0.5) is 0 Å². The molecule has 0 aliphatic heterocycles. The molecule has 3 rings (SSSR count). The van der Waals surface area contributed by atoms with Crippen molar-refractivity contribution in [2.75, 3.05) is 0 Å². The van der Waals surface area contributed by atoms with Gasteiger partial charge in [-0.25, -0.2) is 0 Å². The van der Waals surface area contributed by atoms with E-state index in [1.165, 1.54) is 0 Å². The largest absolute Gasteiger partial charge is 0.481 e. The molecule has 0 aliphatic carbocycles. The molecule has 102 valence electrons. The molecule has 0 unspecified atom stereocenters.